The van der Waals surface area contributed by atoms with Gasteiger partial charge >= 0.3 is 13.6 Å². The SMILES string of the molecule is CCOP(=O)(CCOC(=O)C(C)(CC(C)(C)SC)C(C)(C)CC(C)c1ccccc1)OCC. The summed E-state index contributed by atoms with van der Waals surface area (Å²) in [5.41, 5.74) is 0.194. The molecule has 190 valence electrons. The van der Waals surface area contributed by atoms with Crippen LogP contribution < -0.4 is 0 Å². The maximum atomic E-state index is 13.6. The first-order chi connectivity index (χ1) is 15.3. The molecule has 2 unspecified atom stereocenters. The van der Waals surface area contributed by atoms with Crippen molar-refractivity contribution in [2.75, 3.05) is 32.2 Å². The molecule has 0 aliphatic heterocycles. The van der Waals surface area contributed by atoms with E-state index in [1.807, 2.05) is 13.0 Å². The van der Waals surface area contributed by atoms with Crippen LogP contribution in [0.4, 0.5) is 0 Å². The van der Waals surface area contributed by atoms with Crippen molar-refractivity contribution in [3.63, 3.8) is 0 Å². The van der Waals surface area contributed by atoms with Crippen molar-refractivity contribution in [3.05, 3.63) is 35.9 Å². The van der Waals surface area contributed by atoms with Gasteiger partial charge in [0.1, 0.15) is 6.61 Å². The molecule has 0 spiro atoms. The predicted octanol–water partition coefficient (Wildman–Crippen LogP) is 7.55. The van der Waals surface area contributed by atoms with Gasteiger partial charge in [-0.15, -0.1) is 0 Å². The highest BCUT2D eigenvalue weighted by atomic mass is 32.2. The van der Waals surface area contributed by atoms with Crippen LogP contribution in [0.3, 0.4) is 0 Å². The molecule has 0 saturated heterocycles. The normalized spacial score (nSPS) is 15.7. The number of hydrogen-bond acceptors (Lipinski definition) is 6. The molecule has 1 aromatic carbocycles. The van der Waals surface area contributed by atoms with Gasteiger partial charge in [0, 0.05) is 4.75 Å². The minimum Gasteiger partial charge on any atom is -0.465 e. The number of hydrogen-bond donors (Lipinski definition) is 0. The lowest BCUT2D eigenvalue weighted by atomic mass is 9.59. The second kappa shape index (κ2) is 12.8. The lowest BCUT2D eigenvalue weighted by Gasteiger charge is -2.47. The van der Waals surface area contributed by atoms with Crippen molar-refractivity contribution in [2.45, 2.75) is 78.9 Å². The summed E-state index contributed by atoms with van der Waals surface area (Å²) in [6.07, 6.45) is 3.64. The van der Waals surface area contributed by atoms with Crippen molar-refractivity contribution in [3.8, 4) is 0 Å². The standard InChI is InChI=1S/C26H45O5PS/c1-10-30-32(28,31-11-2)18-17-29-23(27)26(8,20-25(6,7)33-9)24(4,5)19-21(3)22-15-13-12-14-16-22/h12-16,21H,10-11,17-20H2,1-9H3. The van der Waals surface area contributed by atoms with Gasteiger partial charge in [-0.1, -0.05) is 65.0 Å². The molecule has 5 nitrogen and oxygen atoms in total. The van der Waals surface area contributed by atoms with E-state index in [4.69, 9.17) is 13.8 Å². The molecule has 0 saturated carbocycles. The van der Waals surface area contributed by atoms with Gasteiger partial charge in [-0.2, -0.15) is 11.8 Å². The fraction of sp³-hybridized carbons (Fsp3) is 0.731. The highest BCUT2D eigenvalue weighted by Crippen LogP contribution is 2.53. The summed E-state index contributed by atoms with van der Waals surface area (Å²) in [4.78, 5) is 13.6. The van der Waals surface area contributed by atoms with Crippen molar-refractivity contribution in [1.29, 1.82) is 0 Å². The van der Waals surface area contributed by atoms with E-state index >= 15 is 0 Å². The van der Waals surface area contributed by atoms with Crippen LogP contribution in [-0.2, 0) is 23.1 Å². The summed E-state index contributed by atoms with van der Waals surface area (Å²) in [6.45, 7) is 17.0. The molecule has 0 aromatic heterocycles. The Balaban J connectivity index is 3.10. The molecule has 0 radical (unpaired) electrons. The van der Waals surface area contributed by atoms with Crippen LogP contribution in [0.2, 0.25) is 0 Å². The molecular weight excluding hydrogens is 455 g/mol. The van der Waals surface area contributed by atoms with Gasteiger partial charge in [0.2, 0.25) is 0 Å². The van der Waals surface area contributed by atoms with Gasteiger partial charge in [0.25, 0.3) is 0 Å². The molecule has 0 N–H and O–H groups in total. The largest absolute Gasteiger partial charge is 0.465 e. The summed E-state index contributed by atoms with van der Waals surface area (Å²) >= 11 is 1.75. The van der Waals surface area contributed by atoms with E-state index in [2.05, 4.69) is 65.1 Å². The van der Waals surface area contributed by atoms with E-state index in [0.717, 1.165) is 6.42 Å². The molecule has 0 fully saturated rings. The highest BCUT2D eigenvalue weighted by molar-refractivity contribution is 7.99. The molecule has 2 atom stereocenters. The Labute approximate surface area is 206 Å². The Kier molecular flexibility index (Phi) is 11.7. The molecule has 1 rings (SSSR count). The minimum absolute atomic E-state index is 0.00964. The molecule has 0 aliphatic carbocycles. The van der Waals surface area contributed by atoms with Gasteiger partial charge in [-0.3, -0.25) is 9.36 Å². The maximum Gasteiger partial charge on any atom is 0.334 e. The van der Waals surface area contributed by atoms with Crippen LogP contribution in [-0.4, -0.2) is 43.0 Å². The average Bonchev–Trinajstić information content (AvgIpc) is 2.73. The van der Waals surface area contributed by atoms with E-state index in [0.29, 0.717) is 12.3 Å². The van der Waals surface area contributed by atoms with Gasteiger partial charge < -0.3 is 13.8 Å². The second-order valence-electron chi connectivity index (χ2n) is 10.2. The number of carbonyl (C=O) groups excluding carboxylic acids is 1. The van der Waals surface area contributed by atoms with Crippen LogP contribution >= 0.6 is 19.4 Å². The van der Waals surface area contributed by atoms with Crippen molar-refractivity contribution >= 4 is 25.3 Å². The van der Waals surface area contributed by atoms with E-state index in [1.165, 1.54) is 5.56 Å². The highest BCUT2D eigenvalue weighted by Gasteiger charge is 2.51. The molecule has 33 heavy (non-hydrogen) atoms. The van der Waals surface area contributed by atoms with E-state index in [9.17, 15) is 9.36 Å². The Hall–Kier alpha value is -0.810. The number of ether oxygens (including phenoxy) is 1. The number of carbonyl (C=O) groups is 1. The third kappa shape index (κ3) is 8.72. The number of thioether (sulfide) groups is 1. The smallest absolute Gasteiger partial charge is 0.334 e. The first-order valence-electron chi connectivity index (χ1n) is 11.9. The lowest BCUT2D eigenvalue weighted by Crippen LogP contribution is -2.47. The molecule has 1 aromatic rings. The number of benzene rings is 1. The topological polar surface area (TPSA) is 61.8 Å². The second-order valence-corrected chi connectivity index (χ2v) is 13.9. The minimum atomic E-state index is -3.26. The first-order valence-corrected chi connectivity index (χ1v) is 14.9. The predicted molar refractivity (Wildman–Crippen MR) is 140 cm³/mol. The first kappa shape index (κ1) is 30.2. The average molecular weight is 501 g/mol. The van der Waals surface area contributed by atoms with Crippen LogP contribution in [0.15, 0.2) is 30.3 Å². The third-order valence-corrected chi connectivity index (χ3v) is 9.99. The monoisotopic (exact) mass is 500 g/mol. The van der Waals surface area contributed by atoms with Crippen molar-refractivity contribution in [1.82, 2.24) is 0 Å². The fourth-order valence-electron chi connectivity index (χ4n) is 4.37. The summed E-state index contributed by atoms with van der Waals surface area (Å²) in [6, 6.07) is 10.4. The summed E-state index contributed by atoms with van der Waals surface area (Å²) in [5, 5.41) is 0. The number of rotatable bonds is 15. The fourth-order valence-corrected chi connectivity index (χ4v) is 6.24. The summed E-state index contributed by atoms with van der Waals surface area (Å²) < 4.78 is 29.1. The third-order valence-electron chi connectivity index (χ3n) is 6.71. The lowest BCUT2D eigenvalue weighted by molar-refractivity contribution is -0.164. The Bertz CT molecular complexity index is 770. The summed E-state index contributed by atoms with van der Waals surface area (Å²) in [7, 11) is -3.26. The quantitative estimate of drug-likeness (QED) is 0.183. The molecule has 0 amide bonds. The maximum absolute atomic E-state index is 13.6. The molecule has 0 heterocycles. The van der Waals surface area contributed by atoms with Gasteiger partial charge in [-0.25, -0.2) is 0 Å². The molecule has 0 aliphatic rings. The van der Waals surface area contributed by atoms with E-state index in [-0.39, 0.29) is 42.1 Å². The zero-order chi connectivity index (χ0) is 25.3. The number of esters is 1. The van der Waals surface area contributed by atoms with Gasteiger partial charge in [0.15, 0.2) is 0 Å². The van der Waals surface area contributed by atoms with E-state index < -0.39 is 13.0 Å². The zero-order valence-electron chi connectivity index (χ0n) is 22.1. The summed E-state index contributed by atoms with van der Waals surface area (Å²) in [5.74, 6) is 0.0382. The van der Waals surface area contributed by atoms with E-state index in [1.54, 1.807) is 25.6 Å². The molecular formula is C26H45O5PS. The Morgan fingerprint density at radius 1 is 1.03 bits per heavy atom. The molecule has 0 bridgehead atoms. The Morgan fingerprint density at radius 2 is 1.58 bits per heavy atom. The van der Waals surface area contributed by atoms with Gasteiger partial charge in [-0.05, 0) is 56.8 Å². The van der Waals surface area contributed by atoms with Crippen LogP contribution in [0.1, 0.15) is 79.7 Å². The van der Waals surface area contributed by atoms with Crippen molar-refractivity contribution in [2.24, 2.45) is 10.8 Å². The van der Waals surface area contributed by atoms with Crippen LogP contribution in [0.5, 0.6) is 0 Å². The van der Waals surface area contributed by atoms with Crippen LogP contribution in [0, 0.1) is 10.8 Å². The van der Waals surface area contributed by atoms with Gasteiger partial charge in [0.05, 0.1) is 24.8 Å². The Morgan fingerprint density at radius 3 is 2.06 bits per heavy atom. The van der Waals surface area contributed by atoms with Crippen LogP contribution in [0.25, 0.3) is 0 Å². The van der Waals surface area contributed by atoms with Crippen molar-refractivity contribution < 1.29 is 23.1 Å². The zero-order valence-corrected chi connectivity index (χ0v) is 23.8. The molecule has 7 heteroatoms.